The molecule has 0 aliphatic carbocycles. The van der Waals surface area contributed by atoms with Crippen LogP contribution in [0.1, 0.15) is 0 Å². The fraction of sp³-hybridized carbons (Fsp3) is 0. The van der Waals surface area contributed by atoms with Crippen LogP contribution in [0, 0.1) is 0 Å². The van der Waals surface area contributed by atoms with E-state index in [9.17, 15) is 0 Å². The zero-order chi connectivity index (χ0) is 8.59. The molecule has 0 bridgehead atoms. The first-order valence-corrected chi connectivity index (χ1v) is 3.79. The lowest BCUT2D eigenvalue weighted by Gasteiger charge is -2.04. The Morgan fingerprint density at radius 3 is 2.27 bits per heavy atom. The second-order valence-corrected chi connectivity index (χ2v) is 3.08. The third-order valence-electron chi connectivity index (χ3n) is 1.17. The standard InChI is InChI=1S/C6H4Cl3NO/c7-2-1-3(11)4(8)5(9)6(2)10/h1,11H,10H2. The van der Waals surface area contributed by atoms with Crippen LogP contribution in [0.25, 0.3) is 0 Å². The molecule has 0 radical (unpaired) electrons. The van der Waals surface area contributed by atoms with Crippen molar-refractivity contribution in [3.63, 3.8) is 0 Å². The van der Waals surface area contributed by atoms with Crippen LogP contribution in [0.15, 0.2) is 6.07 Å². The summed E-state index contributed by atoms with van der Waals surface area (Å²) in [6.07, 6.45) is 0. The Bertz CT molecular complexity index is 274. The summed E-state index contributed by atoms with van der Waals surface area (Å²) >= 11 is 16.7. The first-order chi connectivity index (χ1) is 5.04. The molecule has 0 saturated heterocycles. The molecule has 2 nitrogen and oxygen atoms in total. The van der Waals surface area contributed by atoms with E-state index < -0.39 is 0 Å². The van der Waals surface area contributed by atoms with Gasteiger partial charge in [0.25, 0.3) is 0 Å². The zero-order valence-corrected chi connectivity index (χ0v) is 7.50. The van der Waals surface area contributed by atoms with E-state index in [1.807, 2.05) is 0 Å². The van der Waals surface area contributed by atoms with E-state index in [-0.39, 0.29) is 26.5 Å². The fourth-order valence-electron chi connectivity index (χ4n) is 0.597. The van der Waals surface area contributed by atoms with Gasteiger partial charge in [-0.15, -0.1) is 0 Å². The molecule has 0 aliphatic rings. The van der Waals surface area contributed by atoms with Gasteiger partial charge < -0.3 is 10.8 Å². The van der Waals surface area contributed by atoms with Gasteiger partial charge in [-0.2, -0.15) is 0 Å². The molecule has 0 aromatic heterocycles. The SMILES string of the molecule is Nc1c(Cl)cc(O)c(Cl)c1Cl. The minimum absolute atomic E-state index is 0.0218. The Hall–Kier alpha value is -0.310. The van der Waals surface area contributed by atoms with Crippen molar-refractivity contribution in [1.82, 2.24) is 0 Å². The zero-order valence-electron chi connectivity index (χ0n) is 5.24. The number of benzene rings is 1. The molecule has 1 rings (SSSR count). The first-order valence-electron chi connectivity index (χ1n) is 2.66. The Morgan fingerprint density at radius 1 is 1.18 bits per heavy atom. The molecule has 0 atom stereocenters. The Balaban J connectivity index is 3.46. The highest BCUT2D eigenvalue weighted by Gasteiger charge is 2.10. The Labute approximate surface area is 78.5 Å². The maximum Gasteiger partial charge on any atom is 0.137 e. The van der Waals surface area contributed by atoms with Crippen molar-refractivity contribution in [2.45, 2.75) is 0 Å². The van der Waals surface area contributed by atoms with Crippen molar-refractivity contribution in [3.05, 3.63) is 21.1 Å². The number of nitrogen functional groups attached to an aromatic ring is 1. The quantitative estimate of drug-likeness (QED) is 0.395. The van der Waals surface area contributed by atoms with Crippen molar-refractivity contribution in [3.8, 4) is 5.75 Å². The van der Waals surface area contributed by atoms with Gasteiger partial charge in [-0.25, -0.2) is 0 Å². The predicted octanol–water partition coefficient (Wildman–Crippen LogP) is 2.93. The lowest BCUT2D eigenvalue weighted by atomic mass is 10.3. The van der Waals surface area contributed by atoms with E-state index in [4.69, 9.17) is 45.6 Å². The van der Waals surface area contributed by atoms with Crippen LogP contribution < -0.4 is 5.73 Å². The number of phenolic OH excluding ortho intramolecular Hbond substituents is 1. The molecule has 0 saturated carbocycles. The maximum absolute atomic E-state index is 9.05. The molecule has 0 aliphatic heterocycles. The third kappa shape index (κ3) is 1.48. The monoisotopic (exact) mass is 211 g/mol. The summed E-state index contributed by atoms with van der Waals surface area (Å²) < 4.78 is 0. The normalized spacial score (nSPS) is 10.1. The smallest absolute Gasteiger partial charge is 0.137 e. The number of aromatic hydroxyl groups is 1. The van der Waals surface area contributed by atoms with Gasteiger partial charge in [0.15, 0.2) is 0 Å². The van der Waals surface area contributed by atoms with Crippen LogP contribution in [-0.4, -0.2) is 5.11 Å². The molecule has 0 spiro atoms. The second kappa shape index (κ2) is 2.97. The van der Waals surface area contributed by atoms with Crippen LogP contribution in [0.2, 0.25) is 15.1 Å². The molecule has 1 aromatic rings. The number of phenols is 1. The van der Waals surface area contributed by atoms with Gasteiger partial charge in [0.05, 0.1) is 15.7 Å². The van der Waals surface area contributed by atoms with Gasteiger partial charge in [0.2, 0.25) is 0 Å². The van der Waals surface area contributed by atoms with Crippen LogP contribution >= 0.6 is 34.8 Å². The number of hydrogen-bond donors (Lipinski definition) is 2. The molecular formula is C6H4Cl3NO. The number of rotatable bonds is 0. The van der Waals surface area contributed by atoms with E-state index in [0.717, 1.165) is 0 Å². The van der Waals surface area contributed by atoms with Gasteiger partial charge in [-0.05, 0) is 0 Å². The molecule has 0 amide bonds. The number of halogens is 3. The molecule has 3 N–H and O–H groups in total. The van der Waals surface area contributed by atoms with Crippen molar-refractivity contribution >= 4 is 40.5 Å². The lowest BCUT2D eigenvalue weighted by molar-refractivity contribution is 0.476. The van der Waals surface area contributed by atoms with Gasteiger partial charge in [-0.1, -0.05) is 34.8 Å². The Morgan fingerprint density at radius 2 is 1.73 bits per heavy atom. The highest BCUT2D eigenvalue weighted by molar-refractivity contribution is 6.46. The number of nitrogens with two attached hydrogens (primary N) is 1. The molecule has 0 fully saturated rings. The molecule has 0 unspecified atom stereocenters. The lowest BCUT2D eigenvalue weighted by Crippen LogP contribution is -1.88. The molecular weight excluding hydrogens is 208 g/mol. The fourth-order valence-corrected chi connectivity index (χ4v) is 1.20. The van der Waals surface area contributed by atoms with Crippen molar-refractivity contribution in [2.75, 3.05) is 5.73 Å². The van der Waals surface area contributed by atoms with E-state index in [0.29, 0.717) is 0 Å². The highest BCUT2D eigenvalue weighted by atomic mass is 35.5. The van der Waals surface area contributed by atoms with Crippen LogP contribution in [-0.2, 0) is 0 Å². The van der Waals surface area contributed by atoms with Gasteiger partial charge >= 0.3 is 0 Å². The maximum atomic E-state index is 9.05. The Kier molecular flexibility index (Phi) is 2.37. The van der Waals surface area contributed by atoms with Crippen molar-refractivity contribution < 1.29 is 5.11 Å². The molecule has 11 heavy (non-hydrogen) atoms. The molecule has 0 heterocycles. The molecule has 5 heteroatoms. The summed E-state index contributed by atoms with van der Waals surface area (Å²) in [6, 6.07) is 1.24. The largest absolute Gasteiger partial charge is 0.506 e. The van der Waals surface area contributed by atoms with Crippen LogP contribution in [0.4, 0.5) is 5.69 Å². The van der Waals surface area contributed by atoms with E-state index in [2.05, 4.69) is 0 Å². The van der Waals surface area contributed by atoms with Gasteiger partial charge in [0, 0.05) is 6.07 Å². The summed E-state index contributed by atoms with van der Waals surface area (Å²) in [5.41, 5.74) is 5.57. The van der Waals surface area contributed by atoms with Crippen LogP contribution in [0.5, 0.6) is 5.75 Å². The second-order valence-electron chi connectivity index (χ2n) is 1.92. The van der Waals surface area contributed by atoms with Crippen molar-refractivity contribution in [1.29, 1.82) is 0 Å². The summed E-state index contributed by atoms with van der Waals surface area (Å²) in [6.45, 7) is 0. The average Bonchev–Trinajstić information content (AvgIpc) is 1.97. The van der Waals surface area contributed by atoms with E-state index >= 15 is 0 Å². The summed E-state index contributed by atoms with van der Waals surface area (Å²) in [5, 5.41) is 9.34. The van der Waals surface area contributed by atoms with Crippen molar-refractivity contribution in [2.24, 2.45) is 0 Å². The summed E-state index contributed by atoms with van der Waals surface area (Å²) in [5.74, 6) is -0.170. The molecule has 1 aromatic carbocycles. The summed E-state index contributed by atoms with van der Waals surface area (Å²) in [7, 11) is 0. The van der Waals surface area contributed by atoms with Gasteiger partial charge in [-0.3, -0.25) is 0 Å². The average molecular weight is 212 g/mol. The highest BCUT2D eigenvalue weighted by Crippen LogP contribution is 2.39. The van der Waals surface area contributed by atoms with Gasteiger partial charge in [0.1, 0.15) is 10.8 Å². The third-order valence-corrected chi connectivity index (χ3v) is 2.36. The predicted molar refractivity (Wildman–Crippen MR) is 47.5 cm³/mol. The minimum atomic E-state index is -0.170. The summed E-state index contributed by atoms with van der Waals surface area (Å²) in [4.78, 5) is 0. The number of anilines is 1. The van der Waals surface area contributed by atoms with E-state index in [1.165, 1.54) is 6.07 Å². The first kappa shape index (κ1) is 8.78. The molecule has 60 valence electrons. The van der Waals surface area contributed by atoms with Crippen LogP contribution in [0.3, 0.4) is 0 Å². The minimum Gasteiger partial charge on any atom is -0.506 e. The number of hydrogen-bond acceptors (Lipinski definition) is 2. The topological polar surface area (TPSA) is 46.2 Å². The van der Waals surface area contributed by atoms with E-state index in [1.54, 1.807) is 0 Å².